The predicted molar refractivity (Wildman–Crippen MR) is 89.9 cm³/mol. The maximum atomic E-state index is 5.76. The second kappa shape index (κ2) is 7.09. The summed E-state index contributed by atoms with van der Waals surface area (Å²) in [5.41, 5.74) is 8.47. The van der Waals surface area contributed by atoms with Gasteiger partial charge in [-0.3, -0.25) is 4.90 Å². The normalized spacial score (nSPS) is 23.7. The summed E-state index contributed by atoms with van der Waals surface area (Å²) < 4.78 is 6.61. The van der Waals surface area contributed by atoms with E-state index in [4.69, 9.17) is 10.5 Å². The van der Waals surface area contributed by atoms with Crippen molar-refractivity contribution in [3.63, 3.8) is 0 Å². The van der Waals surface area contributed by atoms with E-state index in [1.807, 2.05) is 0 Å². The second-order valence-electron chi connectivity index (χ2n) is 5.85. The van der Waals surface area contributed by atoms with Gasteiger partial charge >= 0.3 is 0 Å². The van der Waals surface area contributed by atoms with E-state index in [2.05, 4.69) is 43.9 Å². The van der Waals surface area contributed by atoms with E-state index < -0.39 is 0 Å². The Morgan fingerprint density at radius 3 is 2.81 bits per heavy atom. The van der Waals surface area contributed by atoms with Crippen LogP contribution in [0.2, 0.25) is 0 Å². The van der Waals surface area contributed by atoms with Crippen LogP contribution < -0.4 is 10.6 Å². The zero-order valence-electron chi connectivity index (χ0n) is 12.4. The van der Waals surface area contributed by atoms with Crippen molar-refractivity contribution in [3.05, 3.63) is 28.2 Å². The van der Waals surface area contributed by atoms with E-state index in [0.29, 0.717) is 12.6 Å². The molecule has 2 fully saturated rings. The highest BCUT2D eigenvalue weighted by molar-refractivity contribution is 9.10. The van der Waals surface area contributed by atoms with Crippen molar-refractivity contribution in [2.75, 3.05) is 50.8 Å². The topological polar surface area (TPSA) is 41.7 Å². The predicted octanol–water partition coefficient (Wildman–Crippen LogP) is 1.86. The summed E-state index contributed by atoms with van der Waals surface area (Å²) in [6, 6.07) is 7.23. The minimum atomic E-state index is 0.665. The summed E-state index contributed by atoms with van der Waals surface area (Å²) in [6.07, 6.45) is 2.19. The Bertz CT molecular complexity index is 477. The van der Waals surface area contributed by atoms with Crippen molar-refractivity contribution < 1.29 is 4.74 Å². The third-order valence-corrected chi connectivity index (χ3v) is 5.02. The molecule has 1 aromatic rings. The first-order valence-electron chi connectivity index (χ1n) is 7.83. The highest BCUT2D eigenvalue weighted by Gasteiger charge is 2.29. The van der Waals surface area contributed by atoms with Crippen molar-refractivity contribution in [2.24, 2.45) is 5.73 Å². The van der Waals surface area contributed by atoms with E-state index in [0.717, 1.165) is 50.3 Å². The molecule has 0 spiro atoms. The Morgan fingerprint density at radius 2 is 2.05 bits per heavy atom. The summed E-state index contributed by atoms with van der Waals surface area (Å²) in [6.45, 7) is 6.87. The first-order valence-corrected chi connectivity index (χ1v) is 8.62. The third-order valence-electron chi connectivity index (χ3n) is 4.53. The van der Waals surface area contributed by atoms with Gasteiger partial charge in [0.15, 0.2) is 0 Å². The molecule has 3 rings (SSSR count). The molecule has 2 saturated heterocycles. The lowest BCUT2D eigenvalue weighted by Crippen LogP contribution is -2.44. The standard InChI is InChI=1S/C16H24BrN3O/c17-14-2-1-13(3-5-18)16(11-14)20-6-4-15(12-20)19-7-9-21-10-8-19/h1-2,11,15H,3-10,12,18H2. The number of benzene rings is 1. The van der Waals surface area contributed by atoms with Crippen molar-refractivity contribution in [1.82, 2.24) is 4.90 Å². The molecule has 0 aliphatic carbocycles. The first-order chi connectivity index (χ1) is 10.3. The van der Waals surface area contributed by atoms with Gasteiger partial charge in [-0.1, -0.05) is 22.0 Å². The van der Waals surface area contributed by atoms with Crippen LogP contribution in [0.4, 0.5) is 5.69 Å². The summed E-state index contributed by atoms with van der Waals surface area (Å²) in [7, 11) is 0. The fourth-order valence-corrected chi connectivity index (χ4v) is 3.75. The monoisotopic (exact) mass is 353 g/mol. The van der Waals surface area contributed by atoms with Gasteiger partial charge in [0.05, 0.1) is 13.2 Å². The molecule has 4 nitrogen and oxygen atoms in total. The van der Waals surface area contributed by atoms with Gasteiger partial charge in [0.2, 0.25) is 0 Å². The Hall–Kier alpha value is -0.620. The van der Waals surface area contributed by atoms with Crippen LogP contribution in [0.3, 0.4) is 0 Å². The van der Waals surface area contributed by atoms with Gasteiger partial charge in [-0.05, 0) is 37.1 Å². The SMILES string of the molecule is NCCc1ccc(Br)cc1N1CCC(N2CCOCC2)C1. The zero-order valence-corrected chi connectivity index (χ0v) is 14.0. The van der Waals surface area contributed by atoms with Crippen LogP contribution in [0.1, 0.15) is 12.0 Å². The van der Waals surface area contributed by atoms with Gasteiger partial charge < -0.3 is 15.4 Å². The van der Waals surface area contributed by atoms with Gasteiger partial charge in [0, 0.05) is 42.4 Å². The van der Waals surface area contributed by atoms with Gasteiger partial charge in [-0.25, -0.2) is 0 Å². The number of nitrogens with zero attached hydrogens (tertiary/aromatic N) is 2. The van der Waals surface area contributed by atoms with E-state index in [1.165, 1.54) is 17.7 Å². The Kier molecular flexibility index (Phi) is 5.16. The maximum Gasteiger partial charge on any atom is 0.0594 e. The van der Waals surface area contributed by atoms with Crippen molar-refractivity contribution in [2.45, 2.75) is 18.9 Å². The molecule has 0 saturated carbocycles. The first kappa shape index (κ1) is 15.3. The number of morpholine rings is 1. The average Bonchev–Trinajstić information content (AvgIpc) is 3.00. The van der Waals surface area contributed by atoms with Gasteiger partial charge in [0.25, 0.3) is 0 Å². The van der Waals surface area contributed by atoms with E-state index in [9.17, 15) is 0 Å². The number of rotatable bonds is 4. The molecule has 0 bridgehead atoms. The van der Waals surface area contributed by atoms with Gasteiger partial charge in [0.1, 0.15) is 0 Å². The van der Waals surface area contributed by atoms with Crippen molar-refractivity contribution >= 4 is 21.6 Å². The molecule has 0 aromatic heterocycles. The molecule has 1 unspecified atom stereocenters. The van der Waals surface area contributed by atoms with Crippen LogP contribution in [0.25, 0.3) is 0 Å². The molecule has 1 aromatic carbocycles. The molecule has 2 heterocycles. The smallest absolute Gasteiger partial charge is 0.0594 e. The van der Waals surface area contributed by atoms with E-state index in [-0.39, 0.29) is 0 Å². The minimum Gasteiger partial charge on any atom is -0.379 e. The summed E-state index contributed by atoms with van der Waals surface area (Å²) in [5.74, 6) is 0. The molecule has 2 aliphatic heterocycles. The average molecular weight is 354 g/mol. The lowest BCUT2D eigenvalue weighted by Gasteiger charge is -2.32. The quantitative estimate of drug-likeness (QED) is 0.896. The fraction of sp³-hybridized carbons (Fsp3) is 0.625. The van der Waals surface area contributed by atoms with E-state index >= 15 is 0 Å². The highest BCUT2D eigenvalue weighted by atomic mass is 79.9. The lowest BCUT2D eigenvalue weighted by molar-refractivity contribution is 0.0209. The van der Waals surface area contributed by atoms with Crippen molar-refractivity contribution in [1.29, 1.82) is 0 Å². The molecule has 21 heavy (non-hydrogen) atoms. The molecule has 0 amide bonds. The summed E-state index contributed by atoms with van der Waals surface area (Å²) in [4.78, 5) is 5.11. The molecule has 0 radical (unpaired) electrons. The van der Waals surface area contributed by atoms with Crippen LogP contribution >= 0.6 is 15.9 Å². The van der Waals surface area contributed by atoms with Crippen molar-refractivity contribution in [3.8, 4) is 0 Å². The Balaban J connectivity index is 1.71. The van der Waals surface area contributed by atoms with E-state index in [1.54, 1.807) is 0 Å². The van der Waals surface area contributed by atoms with Crippen LogP contribution in [-0.4, -0.2) is 56.9 Å². The maximum absolute atomic E-state index is 5.76. The zero-order chi connectivity index (χ0) is 14.7. The molecule has 5 heteroatoms. The molecule has 116 valence electrons. The Morgan fingerprint density at radius 1 is 1.24 bits per heavy atom. The number of nitrogens with two attached hydrogens (primary N) is 1. The minimum absolute atomic E-state index is 0.665. The van der Waals surface area contributed by atoms with Gasteiger partial charge in [-0.2, -0.15) is 0 Å². The highest BCUT2D eigenvalue weighted by Crippen LogP contribution is 2.30. The number of hydrogen-bond donors (Lipinski definition) is 1. The molecular weight excluding hydrogens is 330 g/mol. The molecule has 1 atom stereocenters. The molecule has 2 aliphatic rings. The molecule has 2 N–H and O–H groups in total. The molecular formula is C16H24BrN3O. The number of anilines is 1. The number of hydrogen-bond acceptors (Lipinski definition) is 4. The van der Waals surface area contributed by atoms with Gasteiger partial charge in [-0.15, -0.1) is 0 Å². The number of halogens is 1. The van der Waals surface area contributed by atoms with Crippen LogP contribution in [0.5, 0.6) is 0 Å². The summed E-state index contributed by atoms with van der Waals surface area (Å²) >= 11 is 3.60. The number of ether oxygens (including phenoxy) is 1. The van der Waals surface area contributed by atoms with Crippen LogP contribution in [0.15, 0.2) is 22.7 Å². The lowest BCUT2D eigenvalue weighted by atomic mass is 10.1. The second-order valence-corrected chi connectivity index (χ2v) is 6.76. The van der Waals surface area contributed by atoms with Crippen LogP contribution in [0, 0.1) is 0 Å². The largest absolute Gasteiger partial charge is 0.379 e. The van der Waals surface area contributed by atoms with Crippen LogP contribution in [-0.2, 0) is 11.2 Å². The summed E-state index contributed by atoms with van der Waals surface area (Å²) in [5, 5.41) is 0. The third kappa shape index (κ3) is 3.59. The Labute approximate surface area is 135 Å². The fourth-order valence-electron chi connectivity index (χ4n) is 3.40.